The molecular formula is C15H26N4. The first-order valence-electron chi connectivity index (χ1n) is 7.18. The Labute approximate surface area is 116 Å². The van der Waals surface area contributed by atoms with Crippen molar-refractivity contribution in [3.05, 3.63) is 23.4 Å². The van der Waals surface area contributed by atoms with Crippen LogP contribution in [-0.4, -0.2) is 49.2 Å². The van der Waals surface area contributed by atoms with Crippen LogP contribution in [0.5, 0.6) is 0 Å². The summed E-state index contributed by atoms with van der Waals surface area (Å²) in [6, 6.07) is 2.77. The second-order valence-corrected chi connectivity index (χ2v) is 5.81. The Balaban J connectivity index is 2.02. The van der Waals surface area contributed by atoms with E-state index in [1.165, 1.54) is 11.1 Å². The third kappa shape index (κ3) is 3.91. The predicted molar refractivity (Wildman–Crippen MR) is 80.7 cm³/mol. The van der Waals surface area contributed by atoms with Crippen LogP contribution in [0.1, 0.15) is 25.0 Å². The van der Waals surface area contributed by atoms with Gasteiger partial charge in [0, 0.05) is 45.0 Å². The van der Waals surface area contributed by atoms with Crippen LogP contribution in [0.15, 0.2) is 12.3 Å². The van der Waals surface area contributed by atoms with Crippen LogP contribution >= 0.6 is 0 Å². The topological polar surface area (TPSA) is 31.4 Å². The molecule has 0 spiro atoms. The Bertz CT molecular complexity index is 409. The van der Waals surface area contributed by atoms with Gasteiger partial charge >= 0.3 is 0 Å². The number of hydrogen-bond acceptors (Lipinski definition) is 4. The number of pyridine rings is 1. The van der Waals surface area contributed by atoms with Crippen molar-refractivity contribution in [3.63, 3.8) is 0 Å². The molecule has 1 aromatic rings. The molecule has 2 rings (SSSR count). The van der Waals surface area contributed by atoms with E-state index in [0.29, 0.717) is 6.04 Å². The molecule has 1 aliphatic rings. The number of aryl methyl sites for hydroxylation is 1. The number of nitrogens with one attached hydrogen (secondary N) is 1. The molecule has 0 saturated carbocycles. The number of piperazine rings is 1. The Hall–Kier alpha value is -1.13. The normalized spacial score (nSPS) is 17.2. The minimum atomic E-state index is 0.512. The second kappa shape index (κ2) is 6.35. The van der Waals surface area contributed by atoms with Crippen molar-refractivity contribution < 1.29 is 0 Å². The van der Waals surface area contributed by atoms with Gasteiger partial charge in [0.05, 0.1) is 0 Å². The summed E-state index contributed by atoms with van der Waals surface area (Å²) in [6.07, 6.45) is 2.01. The molecule has 1 aliphatic heterocycles. The molecule has 0 atom stereocenters. The zero-order chi connectivity index (χ0) is 13.8. The number of aromatic nitrogens is 1. The van der Waals surface area contributed by atoms with E-state index >= 15 is 0 Å². The lowest BCUT2D eigenvalue weighted by Crippen LogP contribution is -2.45. The quantitative estimate of drug-likeness (QED) is 0.894. The molecule has 4 heteroatoms. The van der Waals surface area contributed by atoms with Crippen LogP contribution in [-0.2, 0) is 6.54 Å². The maximum Gasteiger partial charge on any atom is 0.131 e. The second-order valence-electron chi connectivity index (χ2n) is 5.81. The van der Waals surface area contributed by atoms with E-state index in [0.717, 1.165) is 38.5 Å². The minimum Gasteiger partial charge on any atom is -0.354 e. The van der Waals surface area contributed by atoms with Crippen LogP contribution in [0.4, 0.5) is 5.82 Å². The largest absolute Gasteiger partial charge is 0.354 e. The highest BCUT2D eigenvalue weighted by Crippen LogP contribution is 2.19. The molecule has 1 saturated heterocycles. The van der Waals surface area contributed by atoms with Gasteiger partial charge in [-0.15, -0.1) is 0 Å². The van der Waals surface area contributed by atoms with Gasteiger partial charge in [-0.25, -0.2) is 4.98 Å². The molecule has 2 heterocycles. The Morgan fingerprint density at radius 2 is 1.95 bits per heavy atom. The molecule has 19 heavy (non-hydrogen) atoms. The van der Waals surface area contributed by atoms with Crippen LogP contribution in [0.3, 0.4) is 0 Å². The molecule has 106 valence electrons. The van der Waals surface area contributed by atoms with Crippen LogP contribution in [0, 0.1) is 6.92 Å². The molecule has 0 aromatic carbocycles. The molecule has 4 nitrogen and oxygen atoms in total. The van der Waals surface area contributed by atoms with E-state index in [9.17, 15) is 0 Å². The van der Waals surface area contributed by atoms with Crippen LogP contribution < -0.4 is 10.2 Å². The maximum absolute atomic E-state index is 4.67. The summed E-state index contributed by atoms with van der Waals surface area (Å²) in [7, 11) is 2.18. The van der Waals surface area contributed by atoms with E-state index < -0.39 is 0 Å². The fourth-order valence-electron chi connectivity index (χ4n) is 2.39. The highest BCUT2D eigenvalue weighted by Gasteiger charge is 2.16. The third-order valence-electron chi connectivity index (χ3n) is 3.62. The van der Waals surface area contributed by atoms with Gasteiger partial charge in [0.15, 0.2) is 0 Å². The fourth-order valence-corrected chi connectivity index (χ4v) is 2.39. The van der Waals surface area contributed by atoms with Crippen molar-refractivity contribution in [2.24, 2.45) is 0 Å². The number of hydrogen-bond donors (Lipinski definition) is 1. The van der Waals surface area contributed by atoms with Crippen molar-refractivity contribution in [3.8, 4) is 0 Å². The monoisotopic (exact) mass is 262 g/mol. The van der Waals surface area contributed by atoms with Gasteiger partial charge < -0.3 is 15.1 Å². The third-order valence-corrected chi connectivity index (χ3v) is 3.62. The smallest absolute Gasteiger partial charge is 0.131 e. The molecule has 0 aliphatic carbocycles. The first-order chi connectivity index (χ1) is 9.06. The fraction of sp³-hybridized carbons (Fsp3) is 0.667. The molecule has 0 bridgehead atoms. The zero-order valence-electron chi connectivity index (χ0n) is 12.6. The average molecular weight is 262 g/mol. The number of nitrogens with zero attached hydrogens (tertiary/aromatic N) is 3. The number of likely N-dealkylation sites (N-methyl/N-ethyl adjacent to an activating group) is 1. The van der Waals surface area contributed by atoms with Crippen molar-refractivity contribution in [2.45, 2.75) is 33.4 Å². The minimum absolute atomic E-state index is 0.512. The van der Waals surface area contributed by atoms with Crippen molar-refractivity contribution in [1.29, 1.82) is 0 Å². The summed E-state index contributed by atoms with van der Waals surface area (Å²) >= 11 is 0. The van der Waals surface area contributed by atoms with Crippen LogP contribution in [0.25, 0.3) is 0 Å². The van der Waals surface area contributed by atoms with Crippen LogP contribution in [0.2, 0.25) is 0 Å². The Morgan fingerprint density at radius 1 is 1.26 bits per heavy atom. The average Bonchev–Trinajstić information content (AvgIpc) is 2.38. The summed E-state index contributed by atoms with van der Waals surface area (Å²) in [5.74, 6) is 1.15. The number of rotatable bonds is 4. The molecule has 0 radical (unpaired) electrons. The lowest BCUT2D eigenvalue weighted by molar-refractivity contribution is 0.312. The Kier molecular flexibility index (Phi) is 4.77. The van der Waals surface area contributed by atoms with Crippen molar-refractivity contribution in [2.75, 3.05) is 38.1 Å². The summed E-state index contributed by atoms with van der Waals surface area (Å²) < 4.78 is 0. The standard InChI is InChI=1S/C15H26N4/c1-12(2)16-10-14-9-13(3)15(17-11-14)19-7-5-18(4)6-8-19/h9,11-12,16H,5-8,10H2,1-4H3. The molecule has 1 N–H and O–H groups in total. The molecule has 1 fully saturated rings. The SMILES string of the molecule is Cc1cc(CNC(C)C)cnc1N1CCN(C)CC1. The first-order valence-corrected chi connectivity index (χ1v) is 7.18. The molecule has 0 amide bonds. The van der Waals surface area contributed by atoms with E-state index in [-0.39, 0.29) is 0 Å². The van der Waals surface area contributed by atoms with E-state index in [2.05, 4.69) is 54.0 Å². The van der Waals surface area contributed by atoms with Gasteiger partial charge in [-0.1, -0.05) is 13.8 Å². The number of anilines is 1. The van der Waals surface area contributed by atoms with Gasteiger partial charge in [-0.3, -0.25) is 0 Å². The van der Waals surface area contributed by atoms with Gasteiger partial charge in [-0.05, 0) is 31.2 Å². The highest BCUT2D eigenvalue weighted by molar-refractivity contribution is 5.47. The van der Waals surface area contributed by atoms with Gasteiger partial charge in [-0.2, -0.15) is 0 Å². The maximum atomic E-state index is 4.67. The molecular weight excluding hydrogens is 236 g/mol. The van der Waals surface area contributed by atoms with Gasteiger partial charge in [0.25, 0.3) is 0 Å². The van der Waals surface area contributed by atoms with E-state index in [4.69, 9.17) is 0 Å². The predicted octanol–water partition coefficient (Wildman–Crippen LogP) is 1.64. The van der Waals surface area contributed by atoms with E-state index in [1.807, 2.05) is 6.20 Å². The summed E-state index contributed by atoms with van der Waals surface area (Å²) in [5.41, 5.74) is 2.55. The molecule has 0 unspecified atom stereocenters. The lowest BCUT2D eigenvalue weighted by Gasteiger charge is -2.34. The lowest BCUT2D eigenvalue weighted by atomic mass is 10.1. The summed E-state index contributed by atoms with van der Waals surface area (Å²) in [5, 5.41) is 3.43. The molecule has 1 aromatic heterocycles. The van der Waals surface area contributed by atoms with Gasteiger partial charge in [0.1, 0.15) is 5.82 Å². The summed E-state index contributed by atoms with van der Waals surface area (Å²) in [6.45, 7) is 11.8. The van der Waals surface area contributed by atoms with Crippen molar-refractivity contribution in [1.82, 2.24) is 15.2 Å². The van der Waals surface area contributed by atoms with Gasteiger partial charge in [0.2, 0.25) is 0 Å². The first kappa shape index (κ1) is 14.3. The highest BCUT2D eigenvalue weighted by atomic mass is 15.3. The Morgan fingerprint density at radius 3 is 2.53 bits per heavy atom. The van der Waals surface area contributed by atoms with Crippen molar-refractivity contribution >= 4 is 5.82 Å². The van der Waals surface area contributed by atoms with E-state index in [1.54, 1.807) is 0 Å². The summed E-state index contributed by atoms with van der Waals surface area (Å²) in [4.78, 5) is 9.44. The zero-order valence-corrected chi connectivity index (χ0v) is 12.6.